The second-order valence-corrected chi connectivity index (χ2v) is 8.11. The Bertz CT molecular complexity index is 440. The van der Waals surface area contributed by atoms with Gasteiger partial charge in [-0.3, -0.25) is 4.79 Å². The van der Waals surface area contributed by atoms with E-state index < -0.39 is 15.4 Å². The monoisotopic (exact) mass is 310 g/mol. The summed E-state index contributed by atoms with van der Waals surface area (Å²) in [6.07, 6.45) is 3.43. The summed E-state index contributed by atoms with van der Waals surface area (Å²) < 4.78 is 23.0. The van der Waals surface area contributed by atoms with Crippen molar-refractivity contribution < 1.29 is 13.2 Å². The number of rotatable bonds is 3. The van der Waals surface area contributed by atoms with E-state index in [0.29, 0.717) is 13.0 Å². The van der Waals surface area contributed by atoms with Crippen molar-refractivity contribution in [3.8, 4) is 0 Å². The third-order valence-electron chi connectivity index (χ3n) is 4.23. The Morgan fingerprint density at radius 1 is 1.42 bits per heavy atom. The van der Waals surface area contributed by atoms with Crippen molar-refractivity contribution in [2.45, 2.75) is 38.1 Å². The van der Waals surface area contributed by atoms with Crippen LogP contribution in [0.5, 0.6) is 0 Å². The topological polar surface area (TPSA) is 89.3 Å². The molecule has 5 nitrogen and oxygen atoms in total. The van der Waals surface area contributed by atoms with E-state index in [4.69, 9.17) is 5.73 Å². The van der Waals surface area contributed by atoms with Gasteiger partial charge in [-0.25, -0.2) is 8.42 Å². The highest BCUT2D eigenvalue weighted by Crippen LogP contribution is 2.32. The number of amides is 1. The van der Waals surface area contributed by atoms with Crippen LogP contribution in [0.25, 0.3) is 0 Å². The molecule has 2 rings (SSSR count). The average Bonchev–Trinajstić information content (AvgIpc) is 2.82. The van der Waals surface area contributed by atoms with Gasteiger partial charge in [0.25, 0.3) is 0 Å². The van der Waals surface area contributed by atoms with Gasteiger partial charge in [-0.2, -0.15) is 0 Å². The van der Waals surface area contributed by atoms with Crippen molar-refractivity contribution in [3.63, 3.8) is 0 Å². The van der Waals surface area contributed by atoms with E-state index in [2.05, 4.69) is 5.32 Å². The normalized spacial score (nSPS) is 36.7. The maximum Gasteiger partial charge on any atom is 0.223 e. The van der Waals surface area contributed by atoms with Gasteiger partial charge < -0.3 is 11.1 Å². The zero-order chi connectivity index (χ0) is 13.4. The van der Waals surface area contributed by atoms with E-state index in [9.17, 15) is 13.2 Å². The molecule has 2 aliphatic rings. The van der Waals surface area contributed by atoms with Crippen LogP contribution < -0.4 is 11.1 Å². The van der Waals surface area contributed by atoms with Crippen LogP contribution in [0.1, 0.15) is 32.6 Å². The standard InChI is InChI=1S/C12H22N2O3S.ClH/c1-12(5-6-18(16,17)8-12)14-11(15)10-4-2-3-9(10)7-13;/h9-10H,2-8,13H2,1H3,(H,14,15);1H/t9-,10-,12?;/m1./s1. The molecule has 112 valence electrons. The molecule has 0 aromatic carbocycles. The van der Waals surface area contributed by atoms with Gasteiger partial charge in [-0.15, -0.1) is 12.4 Å². The van der Waals surface area contributed by atoms with E-state index in [1.54, 1.807) is 0 Å². The summed E-state index contributed by atoms with van der Waals surface area (Å²) in [7, 11) is -2.98. The highest BCUT2D eigenvalue weighted by Gasteiger charge is 2.42. The fourth-order valence-corrected chi connectivity index (χ4v) is 5.26. The Balaban J connectivity index is 0.00000180. The van der Waals surface area contributed by atoms with Gasteiger partial charge in [0.05, 0.1) is 17.0 Å². The van der Waals surface area contributed by atoms with Crippen molar-refractivity contribution in [2.24, 2.45) is 17.6 Å². The zero-order valence-corrected chi connectivity index (χ0v) is 12.9. The lowest BCUT2D eigenvalue weighted by atomic mass is 9.93. The van der Waals surface area contributed by atoms with Crippen LogP contribution in [-0.4, -0.2) is 37.9 Å². The molecule has 0 bridgehead atoms. The van der Waals surface area contributed by atoms with Gasteiger partial charge in [0.1, 0.15) is 0 Å². The van der Waals surface area contributed by atoms with Crippen LogP contribution in [-0.2, 0) is 14.6 Å². The molecule has 1 heterocycles. The summed E-state index contributed by atoms with van der Waals surface area (Å²) in [5.74, 6) is 0.449. The predicted molar refractivity (Wildman–Crippen MR) is 77.0 cm³/mol. The Labute approximate surface area is 121 Å². The van der Waals surface area contributed by atoms with Crippen LogP contribution in [0.2, 0.25) is 0 Å². The highest BCUT2D eigenvalue weighted by molar-refractivity contribution is 7.91. The molecule has 0 aromatic rings. The second-order valence-electron chi connectivity index (χ2n) is 5.93. The first-order valence-electron chi connectivity index (χ1n) is 6.58. The van der Waals surface area contributed by atoms with Crippen molar-refractivity contribution in [1.29, 1.82) is 0 Å². The summed E-state index contributed by atoms with van der Waals surface area (Å²) in [5, 5.41) is 2.94. The van der Waals surface area contributed by atoms with Gasteiger partial charge in [0.15, 0.2) is 9.84 Å². The zero-order valence-electron chi connectivity index (χ0n) is 11.2. The first kappa shape index (κ1) is 16.7. The molecule has 7 heteroatoms. The van der Waals surface area contributed by atoms with E-state index in [-0.39, 0.29) is 41.7 Å². The smallest absolute Gasteiger partial charge is 0.223 e. The number of hydrogen-bond donors (Lipinski definition) is 2. The van der Waals surface area contributed by atoms with Crippen LogP contribution in [0.3, 0.4) is 0 Å². The third kappa shape index (κ3) is 3.83. The molecule has 0 radical (unpaired) electrons. The molecular formula is C12H23ClN2O3S. The Kier molecular flexibility index (Phi) is 5.26. The van der Waals surface area contributed by atoms with Crippen molar-refractivity contribution in [3.05, 3.63) is 0 Å². The minimum atomic E-state index is -2.98. The molecule has 1 unspecified atom stereocenters. The second kappa shape index (κ2) is 5.97. The fourth-order valence-electron chi connectivity index (χ4n) is 3.16. The number of halogens is 1. The summed E-state index contributed by atoms with van der Waals surface area (Å²) in [6.45, 7) is 2.36. The number of sulfone groups is 1. The molecule has 1 amide bonds. The molecular weight excluding hydrogens is 288 g/mol. The molecule has 3 atom stereocenters. The summed E-state index contributed by atoms with van der Waals surface area (Å²) >= 11 is 0. The highest BCUT2D eigenvalue weighted by atomic mass is 35.5. The largest absolute Gasteiger partial charge is 0.350 e. The van der Waals surface area contributed by atoms with Crippen molar-refractivity contribution >= 4 is 28.2 Å². The number of carbonyl (C=O) groups excluding carboxylic acids is 1. The van der Waals surface area contributed by atoms with Crippen molar-refractivity contribution in [1.82, 2.24) is 5.32 Å². The van der Waals surface area contributed by atoms with E-state index in [1.807, 2.05) is 6.92 Å². The maximum absolute atomic E-state index is 12.2. The van der Waals surface area contributed by atoms with E-state index in [1.165, 1.54) is 0 Å². The first-order valence-corrected chi connectivity index (χ1v) is 8.40. The Hall–Kier alpha value is -0.330. The summed E-state index contributed by atoms with van der Waals surface area (Å²) in [4.78, 5) is 12.2. The maximum atomic E-state index is 12.2. The van der Waals surface area contributed by atoms with Crippen LogP contribution >= 0.6 is 12.4 Å². The molecule has 0 aromatic heterocycles. The molecule has 0 spiro atoms. The molecule has 3 N–H and O–H groups in total. The van der Waals surface area contributed by atoms with Crippen molar-refractivity contribution in [2.75, 3.05) is 18.1 Å². The number of nitrogens with two attached hydrogens (primary N) is 1. The minimum absolute atomic E-state index is 0. The lowest BCUT2D eigenvalue weighted by molar-refractivity contribution is -0.127. The van der Waals surface area contributed by atoms with Gasteiger partial charge in [-0.1, -0.05) is 6.42 Å². The molecule has 1 aliphatic heterocycles. The molecule has 1 saturated heterocycles. The molecule has 1 saturated carbocycles. The summed E-state index contributed by atoms with van der Waals surface area (Å²) in [6, 6.07) is 0. The predicted octanol–water partition coefficient (Wildman–Crippen LogP) is 0.477. The fraction of sp³-hybridized carbons (Fsp3) is 0.917. The summed E-state index contributed by atoms with van der Waals surface area (Å²) in [5.41, 5.74) is 5.08. The molecule has 2 fully saturated rings. The Morgan fingerprint density at radius 2 is 2.11 bits per heavy atom. The molecule has 1 aliphatic carbocycles. The minimum Gasteiger partial charge on any atom is -0.350 e. The van der Waals surface area contributed by atoms with Crippen LogP contribution in [0, 0.1) is 11.8 Å². The molecule has 19 heavy (non-hydrogen) atoms. The Morgan fingerprint density at radius 3 is 2.63 bits per heavy atom. The first-order chi connectivity index (χ1) is 8.35. The number of nitrogens with one attached hydrogen (secondary N) is 1. The average molecular weight is 311 g/mol. The lowest BCUT2D eigenvalue weighted by Gasteiger charge is -2.27. The number of hydrogen-bond acceptors (Lipinski definition) is 4. The van der Waals surface area contributed by atoms with Gasteiger partial charge in [0, 0.05) is 5.92 Å². The van der Waals surface area contributed by atoms with Crippen LogP contribution in [0.4, 0.5) is 0 Å². The van der Waals surface area contributed by atoms with Gasteiger partial charge in [-0.05, 0) is 38.6 Å². The quantitative estimate of drug-likeness (QED) is 0.793. The lowest BCUT2D eigenvalue weighted by Crippen LogP contribution is -2.50. The van der Waals surface area contributed by atoms with E-state index in [0.717, 1.165) is 19.3 Å². The van der Waals surface area contributed by atoms with Gasteiger partial charge in [0.2, 0.25) is 5.91 Å². The van der Waals surface area contributed by atoms with E-state index >= 15 is 0 Å². The van der Waals surface area contributed by atoms with Gasteiger partial charge >= 0.3 is 0 Å². The van der Waals surface area contributed by atoms with Crippen LogP contribution in [0.15, 0.2) is 0 Å². The number of carbonyl (C=O) groups is 1. The third-order valence-corrected chi connectivity index (χ3v) is 6.13. The SMILES string of the molecule is CC1(NC(=O)[C@@H]2CCC[C@@H]2CN)CCS(=O)(=O)C1.Cl.